The second-order valence-corrected chi connectivity index (χ2v) is 5.28. The lowest BCUT2D eigenvalue weighted by Gasteiger charge is -2.06. The summed E-state index contributed by atoms with van der Waals surface area (Å²) < 4.78 is 1.11. The summed E-state index contributed by atoms with van der Waals surface area (Å²) in [7, 11) is 0. The summed E-state index contributed by atoms with van der Waals surface area (Å²) in [6.07, 6.45) is 2.15. The molecule has 92 valence electrons. The maximum absolute atomic E-state index is 3.70. The zero-order valence-corrected chi connectivity index (χ0v) is 12.0. The average molecular weight is 309 g/mol. The van der Waals surface area contributed by atoms with E-state index in [2.05, 4.69) is 88.7 Å². The Morgan fingerprint density at radius 3 is 2.26 bits per heavy atom. The minimum absolute atomic E-state index is 1.11. The van der Waals surface area contributed by atoms with Crippen LogP contribution in [0.25, 0.3) is 21.3 Å². The van der Waals surface area contributed by atoms with Crippen molar-refractivity contribution in [3.63, 3.8) is 0 Å². The molecule has 3 aromatic rings. The molecule has 0 spiro atoms. The Morgan fingerprint density at radius 1 is 0.737 bits per heavy atom. The Bertz CT molecular complexity index is 722. The van der Waals surface area contributed by atoms with Crippen LogP contribution in [0.15, 0.2) is 72.8 Å². The number of rotatable bonds is 2. The molecule has 0 fully saturated rings. The Labute approximate surface area is 121 Å². The van der Waals surface area contributed by atoms with Crippen molar-refractivity contribution in [2.75, 3.05) is 0 Å². The first-order chi connectivity index (χ1) is 9.34. The van der Waals surface area contributed by atoms with Crippen LogP contribution in [-0.4, -0.2) is 0 Å². The Kier molecular flexibility index (Phi) is 3.47. The van der Waals surface area contributed by atoms with Gasteiger partial charge in [0.1, 0.15) is 0 Å². The lowest BCUT2D eigenvalue weighted by molar-refractivity contribution is 1.66. The average Bonchev–Trinajstić information content (AvgIpc) is 2.47. The normalized spacial score (nSPS) is 11.7. The van der Waals surface area contributed by atoms with E-state index in [1.165, 1.54) is 21.9 Å². The Morgan fingerprint density at radius 2 is 1.42 bits per heavy atom. The van der Waals surface area contributed by atoms with Gasteiger partial charge < -0.3 is 0 Å². The molecule has 1 heteroatoms. The van der Waals surface area contributed by atoms with Crippen LogP contribution in [0.4, 0.5) is 0 Å². The topological polar surface area (TPSA) is 0 Å². The first-order valence-corrected chi connectivity index (χ1v) is 7.04. The molecule has 0 heterocycles. The summed E-state index contributed by atoms with van der Waals surface area (Å²) in [5, 5.41) is 2.53. The van der Waals surface area contributed by atoms with Crippen molar-refractivity contribution in [2.24, 2.45) is 0 Å². The molecule has 0 saturated heterocycles. The predicted octanol–water partition coefficient (Wildman–Crippen LogP) is 5.73. The third-order valence-corrected chi connectivity index (χ3v) is 3.80. The van der Waals surface area contributed by atoms with Crippen molar-refractivity contribution in [1.29, 1.82) is 0 Å². The SMILES string of the molecule is BrC(=Cc1ccccc1)c1cccc2ccccc12. The van der Waals surface area contributed by atoms with E-state index in [9.17, 15) is 0 Å². The highest BCUT2D eigenvalue weighted by Gasteiger charge is 2.03. The van der Waals surface area contributed by atoms with Gasteiger partial charge in [-0.1, -0.05) is 88.7 Å². The van der Waals surface area contributed by atoms with Gasteiger partial charge in [0.05, 0.1) is 0 Å². The zero-order valence-electron chi connectivity index (χ0n) is 10.4. The summed E-state index contributed by atoms with van der Waals surface area (Å²) in [5.41, 5.74) is 2.42. The van der Waals surface area contributed by atoms with Gasteiger partial charge in [-0.3, -0.25) is 0 Å². The molecule has 0 saturated carbocycles. The van der Waals surface area contributed by atoms with Crippen molar-refractivity contribution in [3.8, 4) is 0 Å². The standard InChI is InChI=1S/C18H13Br/c19-18(13-14-7-2-1-3-8-14)17-12-6-10-15-9-4-5-11-16(15)17/h1-13H. The van der Waals surface area contributed by atoms with Crippen LogP contribution in [0.5, 0.6) is 0 Å². The van der Waals surface area contributed by atoms with Crippen LogP contribution in [0.1, 0.15) is 11.1 Å². The van der Waals surface area contributed by atoms with Gasteiger partial charge in [-0.2, -0.15) is 0 Å². The summed E-state index contributed by atoms with van der Waals surface area (Å²) in [6, 6.07) is 25.2. The Hall–Kier alpha value is -1.86. The smallest absolute Gasteiger partial charge is 0.0259 e. The largest absolute Gasteiger partial charge is 0.0622 e. The molecule has 0 nitrogen and oxygen atoms in total. The third kappa shape index (κ3) is 2.61. The second kappa shape index (κ2) is 5.41. The van der Waals surface area contributed by atoms with Crippen LogP contribution in [0.3, 0.4) is 0 Å². The van der Waals surface area contributed by atoms with E-state index in [1.54, 1.807) is 0 Å². The van der Waals surface area contributed by atoms with E-state index in [4.69, 9.17) is 0 Å². The molecule has 0 bridgehead atoms. The lowest BCUT2D eigenvalue weighted by atomic mass is 10.0. The van der Waals surface area contributed by atoms with Gasteiger partial charge >= 0.3 is 0 Å². The monoisotopic (exact) mass is 308 g/mol. The van der Waals surface area contributed by atoms with Crippen LogP contribution >= 0.6 is 15.9 Å². The van der Waals surface area contributed by atoms with E-state index >= 15 is 0 Å². The number of hydrogen-bond donors (Lipinski definition) is 0. The first kappa shape index (κ1) is 12.2. The van der Waals surface area contributed by atoms with Crippen molar-refractivity contribution < 1.29 is 0 Å². The third-order valence-electron chi connectivity index (χ3n) is 3.14. The second-order valence-electron chi connectivity index (χ2n) is 4.43. The quantitative estimate of drug-likeness (QED) is 0.530. The highest BCUT2D eigenvalue weighted by molar-refractivity contribution is 9.15. The molecule has 0 aromatic heterocycles. The van der Waals surface area contributed by atoms with Gasteiger partial charge in [-0.25, -0.2) is 0 Å². The molecule has 0 N–H and O–H groups in total. The molecule has 0 unspecified atom stereocenters. The van der Waals surface area contributed by atoms with Gasteiger partial charge in [0.15, 0.2) is 0 Å². The van der Waals surface area contributed by atoms with Gasteiger partial charge in [-0.15, -0.1) is 0 Å². The molecule has 0 amide bonds. The number of halogens is 1. The predicted molar refractivity (Wildman–Crippen MR) is 87.2 cm³/mol. The summed E-state index contributed by atoms with van der Waals surface area (Å²) in [6.45, 7) is 0. The van der Waals surface area contributed by atoms with E-state index in [0.717, 1.165) is 4.48 Å². The molecule has 0 aliphatic rings. The maximum Gasteiger partial charge on any atom is 0.0259 e. The van der Waals surface area contributed by atoms with E-state index in [0.29, 0.717) is 0 Å². The molecule has 0 aliphatic carbocycles. The van der Waals surface area contributed by atoms with Gasteiger partial charge in [0, 0.05) is 4.48 Å². The fraction of sp³-hybridized carbons (Fsp3) is 0. The summed E-state index contributed by atoms with van der Waals surface area (Å²) in [4.78, 5) is 0. The fourth-order valence-corrected chi connectivity index (χ4v) is 2.82. The molecule has 0 radical (unpaired) electrons. The minimum Gasteiger partial charge on any atom is -0.0622 e. The van der Waals surface area contributed by atoms with Crippen molar-refractivity contribution in [3.05, 3.63) is 83.9 Å². The van der Waals surface area contributed by atoms with E-state index in [1.807, 2.05) is 6.07 Å². The van der Waals surface area contributed by atoms with Gasteiger partial charge in [-0.05, 0) is 28.0 Å². The molecular formula is C18H13Br. The lowest BCUT2D eigenvalue weighted by Crippen LogP contribution is -1.81. The van der Waals surface area contributed by atoms with Gasteiger partial charge in [0.25, 0.3) is 0 Å². The van der Waals surface area contributed by atoms with Crippen LogP contribution < -0.4 is 0 Å². The number of hydrogen-bond acceptors (Lipinski definition) is 0. The molecule has 3 rings (SSSR count). The van der Waals surface area contributed by atoms with Crippen molar-refractivity contribution in [1.82, 2.24) is 0 Å². The van der Waals surface area contributed by atoms with Crippen LogP contribution in [0, 0.1) is 0 Å². The van der Waals surface area contributed by atoms with Crippen molar-refractivity contribution >= 4 is 37.3 Å². The number of benzene rings is 3. The van der Waals surface area contributed by atoms with Crippen molar-refractivity contribution in [2.45, 2.75) is 0 Å². The molecule has 0 atom stereocenters. The van der Waals surface area contributed by atoms with Crippen LogP contribution in [0.2, 0.25) is 0 Å². The molecule has 3 aromatic carbocycles. The van der Waals surface area contributed by atoms with E-state index in [-0.39, 0.29) is 0 Å². The highest BCUT2D eigenvalue weighted by atomic mass is 79.9. The number of fused-ring (bicyclic) bond motifs is 1. The minimum atomic E-state index is 1.11. The Balaban J connectivity index is 2.12. The fourth-order valence-electron chi connectivity index (χ4n) is 2.21. The molecule has 19 heavy (non-hydrogen) atoms. The first-order valence-electron chi connectivity index (χ1n) is 6.25. The molecular weight excluding hydrogens is 296 g/mol. The summed E-state index contributed by atoms with van der Waals surface area (Å²) >= 11 is 3.70. The van der Waals surface area contributed by atoms with E-state index < -0.39 is 0 Å². The maximum atomic E-state index is 3.70. The van der Waals surface area contributed by atoms with Crippen LogP contribution in [-0.2, 0) is 0 Å². The zero-order chi connectivity index (χ0) is 13.1. The summed E-state index contributed by atoms with van der Waals surface area (Å²) in [5.74, 6) is 0. The van der Waals surface area contributed by atoms with Gasteiger partial charge in [0.2, 0.25) is 0 Å². The molecule has 0 aliphatic heterocycles. The highest BCUT2D eigenvalue weighted by Crippen LogP contribution is 2.30.